The van der Waals surface area contributed by atoms with Gasteiger partial charge in [-0.05, 0) is 16.7 Å². The van der Waals surface area contributed by atoms with Crippen molar-refractivity contribution in [2.24, 2.45) is 5.73 Å². The highest BCUT2D eigenvalue weighted by molar-refractivity contribution is 5.93. The Hall–Kier alpha value is -2.22. The van der Waals surface area contributed by atoms with Crippen LogP contribution in [0, 0.1) is 0 Å². The van der Waals surface area contributed by atoms with Crippen LogP contribution in [0.15, 0.2) is 0 Å². The molecule has 0 atom stereocenters. The Morgan fingerprint density at radius 1 is 0.621 bits per heavy atom. The average molecular weight is 450 g/mol. The molecule has 29 heavy (non-hydrogen) atoms. The molecule has 0 spiro atoms. The number of aromatic nitrogens is 1. The molecule has 15 heteroatoms. The molecule has 0 aromatic carbocycles. The van der Waals surface area contributed by atoms with Crippen molar-refractivity contribution < 1.29 is 57.5 Å². The SMILES string of the molecule is NC(=O)c1nc(CC(F)(F)F)c(CC(F)(F)F)c(CC(F)(F)F)c1CC(F)(F)F. The minimum absolute atomic E-state index is 1.60. The highest BCUT2D eigenvalue weighted by Crippen LogP contribution is 2.37. The van der Waals surface area contributed by atoms with Crippen LogP contribution >= 0.6 is 0 Å². The van der Waals surface area contributed by atoms with Gasteiger partial charge in [-0.2, -0.15) is 52.7 Å². The highest BCUT2D eigenvalue weighted by atomic mass is 19.4. The summed E-state index contributed by atoms with van der Waals surface area (Å²) in [6, 6.07) is 0. The molecule has 1 aromatic rings. The summed E-state index contributed by atoms with van der Waals surface area (Å²) in [4.78, 5) is 14.2. The zero-order valence-corrected chi connectivity index (χ0v) is 13.8. The van der Waals surface area contributed by atoms with Crippen molar-refractivity contribution >= 4 is 5.91 Å². The van der Waals surface area contributed by atoms with E-state index in [4.69, 9.17) is 5.73 Å². The van der Waals surface area contributed by atoms with E-state index in [-0.39, 0.29) is 0 Å². The predicted octanol–water partition coefficient (Wildman–Crippen LogP) is 4.60. The molecule has 1 aromatic heterocycles. The maximum Gasteiger partial charge on any atom is 0.394 e. The van der Waals surface area contributed by atoms with Crippen molar-refractivity contribution in [3.8, 4) is 0 Å². The largest absolute Gasteiger partial charge is 0.394 e. The Labute approximate surface area is 153 Å². The number of primary amides is 1. The molecule has 0 saturated heterocycles. The summed E-state index contributed by atoms with van der Waals surface area (Å²) < 4.78 is 153. The second kappa shape index (κ2) is 7.89. The lowest BCUT2D eigenvalue weighted by Gasteiger charge is -2.23. The van der Waals surface area contributed by atoms with Crippen LogP contribution in [0.5, 0.6) is 0 Å². The average Bonchev–Trinajstić information content (AvgIpc) is 2.39. The fourth-order valence-corrected chi connectivity index (χ4v) is 2.52. The van der Waals surface area contributed by atoms with E-state index in [1.165, 1.54) is 0 Å². The Morgan fingerprint density at radius 3 is 1.31 bits per heavy atom. The molecule has 3 nitrogen and oxygen atoms in total. The van der Waals surface area contributed by atoms with Gasteiger partial charge in [0.05, 0.1) is 31.4 Å². The van der Waals surface area contributed by atoms with Gasteiger partial charge in [0.1, 0.15) is 5.69 Å². The minimum Gasteiger partial charge on any atom is -0.364 e. The van der Waals surface area contributed by atoms with Crippen molar-refractivity contribution in [3.05, 3.63) is 28.1 Å². The number of halogens is 12. The molecule has 166 valence electrons. The van der Waals surface area contributed by atoms with Gasteiger partial charge in [-0.1, -0.05) is 0 Å². The number of alkyl halides is 12. The Kier molecular flexibility index (Phi) is 6.76. The normalized spacial score (nSPS) is 13.7. The van der Waals surface area contributed by atoms with Gasteiger partial charge >= 0.3 is 24.7 Å². The first-order chi connectivity index (χ1) is 12.7. The number of pyridine rings is 1. The number of nitrogens with zero attached hydrogens (tertiary/aromatic N) is 1. The van der Waals surface area contributed by atoms with E-state index >= 15 is 0 Å². The van der Waals surface area contributed by atoms with Gasteiger partial charge in [-0.15, -0.1) is 0 Å². The first kappa shape index (κ1) is 24.8. The predicted molar refractivity (Wildman–Crippen MR) is 71.8 cm³/mol. The molecule has 1 amide bonds. The van der Waals surface area contributed by atoms with Gasteiger partial charge in [0, 0.05) is 0 Å². The first-order valence-corrected chi connectivity index (χ1v) is 7.29. The van der Waals surface area contributed by atoms with Crippen LogP contribution in [0.2, 0.25) is 0 Å². The van der Waals surface area contributed by atoms with Gasteiger partial charge in [0.15, 0.2) is 0 Å². The lowest BCUT2D eigenvalue weighted by molar-refractivity contribution is -0.137. The van der Waals surface area contributed by atoms with E-state index in [2.05, 4.69) is 4.98 Å². The number of carbonyl (C=O) groups excluding carboxylic acids is 1. The van der Waals surface area contributed by atoms with Gasteiger partial charge in [0.2, 0.25) is 0 Å². The number of hydrogen-bond acceptors (Lipinski definition) is 2. The van der Waals surface area contributed by atoms with Gasteiger partial charge in [-0.3, -0.25) is 4.79 Å². The van der Waals surface area contributed by atoms with E-state index in [0.29, 0.717) is 0 Å². The first-order valence-electron chi connectivity index (χ1n) is 7.29. The fourth-order valence-electron chi connectivity index (χ4n) is 2.52. The van der Waals surface area contributed by atoms with Gasteiger partial charge in [-0.25, -0.2) is 4.98 Å². The van der Waals surface area contributed by atoms with E-state index in [1.807, 2.05) is 0 Å². The van der Waals surface area contributed by atoms with Crippen molar-refractivity contribution in [2.45, 2.75) is 50.4 Å². The van der Waals surface area contributed by atoms with Crippen molar-refractivity contribution in [1.82, 2.24) is 4.98 Å². The molecule has 0 fully saturated rings. The zero-order valence-electron chi connectivity index (χ0n) is 13.8. The van der Waals surface area contributed by atoms with E-state index in [1.54, 1.807) is 0 Å². The molecule has 0 aliphatic carbocycles. The Bertz CT molecular complexity index is 758. The van der Waals surface area contributed by atoms with Crippen LogP contribution in [-0.2, 0) is 25.7 Å². The lowest BCUT2D eigenvalue weighted by Crippen LogP contribution is -2.29. The minimum atomic E-state index is -5.41. The molecule has 2 N–H and O–H groups in total. The molecule has 0 radical (unpaired) electrons. The van der Waals surface area contributed by atoms with Crippen LogP contribution in [0.4, 0.5) is 52.7 Å². The molecule has 0 aliphatic heterocycles. The Morgan fingerprint density at radius 2 is 0.966 bits per heavy atom. The topological polar surface area (TPSA) is 56.0 Å². The summed E-state index contributed by atoms with van der Waals surface area (Å²) in [6.45, 7) is 0. The number of hydrogen-bond donors (Lipinski definition) is 1. The van der Waals surface area contributed by atoms with E-state index in [0.717, 1.165) is 0 Å². The molecular formula is C14H10F12N2O. The van der Waals surface area contributed by atoms with Crippen LogP contribution < -0.4 is 5.73 Å². The summed E-state index contributed by atoms with van der Waals surface area (Å²) in [5.74, 6) is -1.92. The highest BCUT2D eigenvalue weighted by Gasteiger charge is 2.42. The fraction of sp³-hybridized carbons (Fsp3) is 0.571. The zero-order chi connectivity index (χ0) is 23.0. The second-order valence-corrected chi connectivity index (χ2v) is 5.87. The molecule has 1 heterocycles. The smallest absolute Gasteiger partial charge is 0.364 e. The molecule has 1 rings (SSSR count). The molecule has 0 unspecified atom stereocenters. The summed E-state index contributed by atoms with van der Waals surface area (Å²) in [5.41, 5.74) is -3.67. The maximum atomic E-state index is 12.8. The number of carbonyl (C=O) groups is 1. The third-order valence-corrected chi connectivity index (χ3v) is 3.34. The summed E-state index contributed by atoms with van der Waals surface area (Å²) in [5, 5.41) is 0. The van der Waals surface area contributed by atoms with Crippen LogP contribution in [0.25, 0.3) is 0 Å². The van der Waals surface area contributed by atoms with Gasteiger partial charge in [0.25, 0.3) is 5.91 Å². The summed E-state index contributed by atoms with van der Waals surface area (Å²) in [7, 11) is 0. The van der Waals surface area contributed by atoms with Crippen molar-refractivity contribution in [1.29, 1.82) is 0 Å². The van der Waals surface area contributed by atoms with E-state index in [9.17, 15) is 57.5 Å². The van der Waals surface area contributed by atoms with E-state index < -0.39 is 84.4 Å². The maximum absolute atomic E-state index is 12.8. The lowest BCUT2D eigenvalue weighted by atomic mass is 9.90. The second-order valence-electron chi connectivity index (χ2n) is 5.87. The van der Waals surface area contributed by atoms with Crippen molar-refractivity contribution in [2.75, 3.05) is 0 Å². The standard InChI is InChI=1S/C14H10F12N2O/c15-11(16,17)1-5-6(2-12(18,19)20)8(4-14(24,25)26)28-9(10(27)29)7(5)3-13(21,22)23/h1-4H2,(H2,27,29). The quantitative estimate of drug-likeness (QED) is 0.667. The molecule has 0 bridgehead atoms. The molecule has 0 saturated carbocycles. The number of rotatable bonds is 5. The van der Waals surface area contributed by atoms with Crippen molar-refractivity contribution in [3.63, 3.8) is 0 Å². The number of amides is 1. The third kappa shape index (κ3) is 8.35. The Balaban J connectivity index is 3.98. The molecule has 0 aliphatic rings. The van der Waals surface area contributed by atoms with Crippen LogP contribution in [0.1, 0.15) is 32.9 Å². The number of nitrogens with two attached hydrogens (primary N) is 1. The summed E-state index contributed by atoms with van der Waals surface area (Å²) in [6.07, 6.45) is -30.9. The summed E-state index contributed by atoms with van der Waals surface area (Å²) >= 11 is 0. The molecular weight excluding hydrogens is 440 g/mol. The van der Waals surface area contributed by atoms with Gasteiger partial charge < -0.3 is 5.73 Å². The van der Waals surface area contributed by atoms with Crippen LogP contribution in [0.3, 0.4) is 0 Å². The van der Waals surface area contributed by atoms with Crippen LogP contribution in [-0.4, -0.2) is 35.6 Å². The third-order valence-electron chi connectivity index (χ3n) is 3.34. The monoisotopic (exact) mass is 450 g/mol.